The SMILES string of the molecule is Fc1cccc(Cn2cccc2)c1Br. The Morgan fingerprint density at radius 1 is 1.14 bits per heavy atom. The molecule has 1 heterocycles. The summed E-state index contributed by atoms with van der Waals surface area (Å²) >= 11 is 3.24. The molecule has 0 bridgehead atoms. The Hall–Kier alpha value is -1.09. The molecule has 0 aliphatic rings. The van der Waals surface area contributed by atoms with Crippen LogP contribution in [0, 0.1) is 5.82 Å². The minimum atomic E-state index is -0.213. The summed E-state index contributed by atoms with van der Waals surface area (Å²) in [5.41, 5.74) is 0.946. The zero-order valence-corrected chi connectivity index (χ0v) is 9.04. The second kappa shape index (κ2) is 3.96. The Morgan fingerprint density at radius 3 is 2.57 bits per heavy atom. The Bertz CT molecular complexity index is 423. The molecule has 14 heavy (non-hydrogen) atoms. The maximum Gasteiger partial charge on any atom is 0.137 e. The topological polar surface area (TPSA) is 4.93 Å². The van der Waals surface area contributed by atoms with Gasteiger partial charge < -0.3 is 4.57 Å². The van der Waals surface area contributed by atoms with Crippen molar-refractivity contribution in [1.82, 2.24) is 4.57 Å². The van der Waals surface area contributed by atoms with Gasteiger partial charge in [0.15, 0.2) is 0 Å². The summed E-state index contributed by atoms with van der Waals surface area (Å²) < 4.78 is 15.7. The van der Waals surface area contributed by atoms with Gasteiger partial charge in [0, 0.05) is 18.9 Å². The fraction of sp³-hybridized carbons (Fsp3) is 0.0909. The highest BCUT2D eigenvalue weighted by atomic mass is 79.9. The van der Waals surface area contributed by atoms with Crippen LogP contribution in [-0.4, -0.2) is 4.57 Å². The van der Waals surface area contributed by atoms with Gasteiger partial charge >= 0.3 is 0 Å². The third-order valence-corrected chi connectivity index (χ3v) is 2.94. The van der Waals surface area contributed by atoms with Crippen LogP contribution in [0.5, 0.6) is 0 Å². The lowest BCUT2D eigenvalue weighted by molar-refractivity contribution is 0.616. The third-order valence-electron chi connectivity index (χ3n) is 2.05. The van der Waals surface area contributed by atoms with E-state index in [9.17, 15) is 4.39 Å². The quantitative estimate of drug-likeness (QED) is 0.773. The van der Waals surface area contributed by atoms with E-state index >= 15 is 0 Å². The van der Waals surface area contributed by atoms with Crippen LogP contribution in [0.4, 0.5) is 4.39 Å². The summed E-state index contributed by atoms with van der Waals surface area (Å²) in [5.74, 6) is -0.213. The monoisotopic (exact) mass is 253 g/mol. The van der Waals surface area contributed by atoms with E-state index in [1.54, 1.807) is 6.07 Å². The largest absolute Gasteiger partial charge is 0.350 e. The lowest BCUT2D eigenvalue weighted by Gasteiger charge is -2.06. The predicted molar refractivity (Wildman–Crippen MR) is 57.6 cm³/mol. The molecule has 0 atom stereocenters. The highest BCUT2D eigenvalue weighted by molar-refractivity contribution is 9.10. The van der Waals surface area contributed by atoms with Crippen molar-refractivity contribution in [3.8, 4) is 0 Å². The van der Waals surface area contributed by atoms with Crippen molar-refractivity contribution >= 4 is 15.9 Å². The number of aromatic nitrogens is 1. The minimum absolute atomic E-state index is 0.213. The van der Waals surface area contributed by atoms with Crippen LogP contribution >= 0.6 is 15.9 Å². The van der Waals surface area contributed by atoms with Crippen LogP contribution in [0.15, 0.2) is 47.2 Å². The van der Waals surface area contributed by atoms with Crippen molar-refractivity contribution in [2.75, 3.05) is 0 Å². The van der Waals surface area contributed by atoms with E-state index in [4.69, 9.17) is 0 Å². The van der Waals surface area contributed by atoms with Gasteiger partial charge in [-0.15, -0.1) is 0 Å². The Morgan fingerprint density at radius 2 is 1.86 bits per heavy atom. The molecular weight excluding hydrogens is 245 g/mol. The Labute approximate surface area is 90.3 Å². The van der Waals surface area contributed by atoms with Crippen molar-refractivity contribution < 1.29 is 4.39 Å². The standard InChI is InChI=1S/C11H9BrFN/c12-11-9(4-3-5-10(11)13)8-14-6-1-2-7-14/h1-7H,8H2. The molecule has 1 nitrogen and oxygen atoms in total. The summed E-state index contributed by atoms with van der Waals surface area (Å²) in [4.78, 5) is 0. The van der Waals surface area contributed by atoms with Crippen LogP contribution in [-0.2, 0) is 6.54 Å². The van der Waals surface area contributed by atoms with E-state index in [0.717, 1.165) is 5.56 Å². The smallest absolute Gasteiger partial charge is 0.137 e. The van der Waals surface area contributed by atoms with Gasteiger partial charge in [0.05, 0.1) is 4.47 Å². The molecule has 0 spiro atoms. The summed E-state index contributed by atoms with van der Waals surface area (Å²) in [6.45, 7) is 0.686. The van der Waals surface area contributed by atoms with Crippen molar-refractivity contribution in [3.05, 3.63) is 58.6 Å². The molecule has 0 N–H and O–H groups in total. The molecule has 0 amide bonds. The average molecular weight is 254 g/mol. The first-order valence-corrected chi connectivity index (χ1v) is 5.10. The highest BCUT2D eigenvalue weighted by Gasteiger charge is 2.04. The Balaban J connectivity index is 2.29. The number of nitrogens with zero attached hydrogens (tertiary/aromatic N) is 1. The molecule has 0 radical (unpaired) electrons. The number of hydrogen-bond donors (Lipinski definition) is 0. The van der Waals surface area contributed by atoms with Crippen molar-refractivity contribution in [1.29, 1.82) is 0 Å². The third kappa shape index (κ3) is 1.87. The lowest BCUT2D eigenvalue weighted by atomic mass is 10.2. The zero-order valence-electron chi connectivity index (χ0n) is 7.45. The number of hydrogen-bond acceptors (Lipinski definition) is 0. The number of benzene rings is 1. The molecule has 0 aliphatic carbocycles. The second-order valence-corrected chi connectivity index (χ2v) is 3.86. The minimum Gasteiger partial charge on any atom is -0.350 e. The summed E-state index contributed by atoms with van der Waals surface area (Å²) in [6.07, 6.45) is 3.91. The normalized spacial score (nSPS) is 10.4. The van der Waals surface area contributed by atoms with E-state index in [-0.39, 0.29) is 5.82 Å². The van der Waals surface area contributed by atoms with Crippen LogP contribution in [0.2, 0.25) is 0 Å². The average Bonchev–Trinajstić information content (AvgIpc) is 2.66. The van der Waals surface area contributed by atoms with Gasteiger partial charge in [-0.2, -0.15) is 0 Å². The molecule has 0 saturated heterocycles. The zero-order chi connectivity index (χ0) is 9.97. The number of halogens is 2. The lowest BCUT2D eigenvalue weighted by Crippen LogP contribution is -1.98. The molecule has 2 aromatic rings. The van der Waals surface area contributed by atoms with Crippen LogP contribution in [0.1, 0.15) is 5.56 Å². The first kappa shape index (κ1) is 9.46. The van der Waals surface area contributed by atoms with Crippen LogP contribution in [0.3, 0.4) is 0 Å². The molecule has 3 heteroatoms. The number of rotatable bonds is 2. The van der Waals surface area contributed by atoms with E-state index in [1.165, 1.54) is 6.07 Å². The van der Waals surface area contributed by atoms with E-state index in [1.807, 2.05) is 35.2 Å². The fourth-order valence-corrected chi connectivity index (χ4v) is 1.73. The molecule has 0 saturated carbocycles. The molecule has 1 aromatic heterocycles. The van der Waals surface area contributed by atoms with Gasteiger partial charge in [0.2, 0.25) is 0 Å². The van der Waals surface area contributed by atoms with Gasteiger partial charge in [-0.25, -0.2) is 4.39 Å². The molecule has 0 aliphatic heterocycles. The second-order valence-electron chi connectivity index (χ2n) is 3.07. The molecule has 2 rings (SSSR count). The summed E-state index contributed by atoms with van der Waals surface area (Å²) in [5, 5.41) is 0. The first-order chi connectivity index (χ1) is 6.77. The van der Waals surface area contributed by atoms with E-state index in [0.29, 0.717) is 11.0 Å². The van der Waals surface area contributed by atoms with Gasteiger partial charge in [-0.05, 0) is 39.7 Å². The van der Waals surface area contributed by atoms with Gasteiger partial charge in [-0.1, -0.05) is 12.1 Å². The molecular formula is C11H9BrFN. The van der Waals surface area contributed by atoms with Crippen molar-refractivity contribution in [2.45, 2.75) is 6.54 Å². The van der Waals surface area contributed by atoms with Crippen LogP contribution < -0.4 is 0 Å². The summed E-state index contributed by atoms with van der Waals surface area (Å²) in [6, 6.07) is 8.98. The van der Waals surface area contributed by atoms with Gasteiger partial charge in [0.1, 0.15) is 5.82 Å². The van der Waals surface area contributed by atoms with Gasteiger partial charge in [0.25, 0.3) is 0 Å². The van der Waals surface area contributed by atoms with E-state index < -0.39 is 0 Å². The molecule has 72 valence electrons. The Kier molecular flexibility index (Phi) is 2.68. The molecule has 0 fully saturated rings. The maximum absolute atomic E-state index is 13.2. The first-order valence-electron chi connectivity index (χ1n) is 4.31. The van der Waals surface area contributed by atoms with Gasteiger partial charge in [-0.3, -0.25) is 0 Å². The molecule has 1 aromatic carbocycles. The van der Waals surface area contributed by atoms with Crippen molar-refractivity contribution in [2.24, 2.45) is 0 Å². The van der Waals surface area contributed by atoms with Crippen molar-refractivity contribution in [3.63, 3.8) is 0 Å². The summed E-state index contributed by atoms with van der Waals surface area (Å²) in [7, 11) is 0. The highest BCUT2D eigenvalue weighted by Crippen LogP contribution is 2.21. The van der Waals surface area contributed by atoms with Crippen LogP contribution in [0.25, 0.3) is 0 Å². The van der Waals surface area contributed by atoms with E-state index in [2.05, 4.69) is 15.9 Å². The predicted octanol–water partition coefficient (Wildman–Crippen LogP) is 3.44. The fourth-order valence-electron chi connectivity index (χ4n) is 1.34. The maximum atomic E-state index is 13.2. The molecule has 0 unspecified atom stereocenters.